The fraction of sp³-hybridized carbons (Fsp3) is 0.0556. The molecule has 0 atom stereocenters. The van der Waals surface area contributed by atoms with Crippen LogP contribution < -0.4 is 5.14 Å². The van der Waals surface area contributed by atoms with Crippen molar-refractivity contribution in [3.8, 4) is 11.3 Å². The molecule has 7 nitrogen and oxygen atoms in total. The van der Waals surface area contributed by atoms with Gasteiger partial charge in [-0.15, -0.1) is 0 Å². The fourth-order valence-corrected chi connectivity index (χ4v) is 4.50. The van der Waals surface area contributed by atoms with Crippen LogP contribution in [0.5, 0.6) is 0 Å². The van der Waals surface area contributed by atoms with E-state index in [0.717, 1.165) is 23.8 Å². The number of sulfone groups is 1. The number of hydrogen-bond donors (Lipinski definition) is 1. The van der Waals surface area contributed by atoms with Crippen LogP contribution in [-0.4, -0.2) is 23.1 Å². The van der Waals surface area contributed by atoms with Gasteiger partial charge in [0.05, 0.1) is 14.7 Å². The van der Waals surface area contributed by atoms with Crippen molar-refractivity contribution in [1.29, 1.82) is 0 Å². The summed E-state index contributed by atoms with van der Waals surface area (Å²) in [4.78, 5) is 10.5. The summed E-state index contributed by atoms with van der Waals surface area (Å²) < 4.78 is 54.9. The van der Waals surface area contributed by atoms with Crippen molar-refractivity contribution in [2.75, 3.05) is 0 Å². The summed E-state index contributed by atoms with van der Waals surface area (Å²) in [6.07, 6.45) is 0.459. The van der Waals surface area contributed by atoms with Crippen LogP contribution in [0.2, 0.25) is 0 Å². The topological polar surface area (TPSA) is 125 Å². The maximum atomic E-state index is 13.1. The molecule has 3 aromatic rings. The molecule has 2 N–H and O–H groups in total. The van der Waals surface area contributed by atoms with Crippen LogP contribution in [0.25, 0.3) is 11.3 Å². The number of sulfonamides is 1. The predicted molar refractivity (Wildman–Crippen MR) is 97.5 cm³/mol. The zero-order valence-corrected chi connectivity index (χ0v) is 15.7. The summed E-state index contributed by atoms with van der Waals surface area (Å²) in [5.41, 5.74) is 0.885. The van der Waals surface area contributed by atoms with Crippen LogP contribution in [0.1, 0.15) is 16.1 Å². The number of rotatable bonds is 5. The number of aryl methyl sites for hydroxylation is 1. The molecule has 1 heterocycles. The van der Waals surface area contributed by atoms with Crippen LogP contribution >= 0.6 is 0 Å². The van der Waals surface area contributed by atoms with E-state index in [1.807, 2.05) is 6.92 Å². The van der Waals surface area contributed by atoms with E-state index in [0.29, 0.717) is 6.29 Å². The van der Waals surface area contributed by atoms with E-state index in [9.17, 15) is 21.6 Å². The first kappa shape index (κ1) is 19.0. The molecular weight excluding hydrogens is 390 g/mol. The monoisotopic (exact) mass is 405 g/mol. The van der Waals surface area contributed by atoms with Gasteiger partial charge in [-0.1, -0.05) is 17.7 Å². The molecule has 0 amide bonds. The minimum absolute atomic E-state index is 0.00444. The van der Waals surface area contributed by atoms with E-state index in [4.69, 9.17) is 9.56 Å². The van der Waals surface area contributed by atoms with Crippen LogP contribution in [0, 0.1) is 6.92 Å². The fourth-order valence-electron chi connectivity index (χ4n) is 2.52. The molecular formula is C18H15NO6S2. The summed E-state index contributed by atoms with van der Waals surface area (Å²) in [7, 11) is -8.05. The molecule has 1 aromatic heterocycles. The molecule has 0 aliphatic rings. The highest BCUT2D eigenvalue weighted by Crippen LogP contribution is 2.34. The molecule has 0 radical (unpaired) electrons. The number of nitrogens with two attached hydrogens (primary N) is 1. The Balaban J connectivity index is 2.28. The second-order valence-corrected chi connectivity index (χ2v) is 9.32. The highest BCUT2D eigenvalue weighted by atomic mass is 32.2. The Bertz CT molecular complexity index is 1220. The molecule has 0 aliphatic heterocycles. The number of hydrogen-bond acceptors (Lipinski definition) is 6. The normalized spacial score (nSPS) is 12.1. The zero-order chi connectivity index (χ0) is 19.8. The first-order chi connectivity index (χ1) is 12.6. The number of furan rings is 1. The zero-order valence-electron chi connectivity index (χ0n) is 14.1. The Labute approximate surface area is 156 Å². The summed E-state index contributed by atoms with van der Waals surface area (Å²) in [5, 5.41) is 5.16. The van der Waals surface area contributed by atoms with Crippen LogP contribution in [-0.2, 0) is 19.9 Å². The maximum Gasteiger partial charge on any atom is 0.238 e. The highest BCUT2D eigenvalue weighted by molar-refractivity contribution is 7.91. The van der Waals surface area contributed by atoms with E-state index >= 15 is 0 Å². The molecule has 0 fully saturated rings. The van der Waals surface area contributed by atoms with Crippen molar-refractivity contribution in [2.45, 2.75) is 21.6 Å². The van der Waals surface area contributed by atoms with Gasteiger partial charge in [-0.05, 0) is 49.4 Å². The molecule has 0 saturated carbocycles. The molecule has 0 bridgehead atoms. The van der Waals surface area contributed by atoms with Crippen molar-refractivity contribution in [3.63, 3.8) is 0 Å². The predicted octanol–water partition coefficient (Wildman–Crippen LogP) is 2.55. The first-order valence-corrected chi connectivity index (χ1v) is 10.7. The van der Waals surface area contributed by atoms with Gasteiger partial charge < -0.3 is 4.42 Å². The van der Waals surface area contributed by atoms with Crippen molar-refractivity contribution in [3.05, 3.63) is 65.9 Å². The second-order valence-electron chi connectivity index (χ2n) is 5.84. The van der Waals surface area contributed by atoms with Crippen molar-refractivity contribution in [2.24, 2.45) is 5.14 Å². The molecule has 3 rings (SSSR count). The largest absolute Gasteiger partial charge is 0.453 e. The van der Waals surface area contributed by atoms with E-state index in [1.54, 1.807) is 12.1 Å². The third-order valence-electron chi connectivity index (χ3n) is 3.91. The van der Waals surface area contributed by atoms with Crippen LogP contribution in [0.15, 0.2) is 73.7 Å². The Morgan fingerprint density at radius 1 is 0.889 bits per heavy atom. The minimum atomic E-state index is -4.07. The average Bonchev–Trinajstić information content (AvgIpc) is 3.10. The Hall–Kier alpha value is -2.75. The van der Waals surface area contributed by atoms with Gasteiger partial charge in [0.2, 0.25) is 19.9 Å². The van der Waals surface area contributed by atoms with Crippen LogP contribution in [0.4, 0.5) is 0 Å². The molecule has 0 saturated heterocycles. The Morgan fingerprint density at radius 3 is 2.07 bits per heavy atom. The highest BCUT2D eigenvalue weighted by Gasteiger charge is 2.25. The van der Waals surface area contributed by atoms with E-state index < -0.39 is 19.9 Å². The molecule has 0 spiro atoms. The van der Waals surface area contributed by atoms with E-state index in [2.05, 4.69) is 0 Å². The van der Waals surface area contributed by atoms with E-state index in [1.165, 1.54) is 24.3 Å². The lowest BCUT2D eigenvalue weighted by atomic mass is 10.2. The molecule has 0 aliphatic carbocycles. The Morgan fingerprint density at radius 2 is 1.52 bits per heavy atom. The number of benzene rings is 2. The number of primary sulfonamides is 1. The van der Waals surface area contributed by atoms with Gasteiger partial charge in [0.25, 0.3) is 0 Å². The SMILES string of the molecule is Cc1ccc(S(=O)(=O)c2ccc(S(N)(=O)=O)cc2-c2ccc(C=O)o2)cc1. The molecule has 9 heteroatoms. The van der Waals surface area contributed by atoms with Crippen molar-refractivity contribution in [1.82, 2.24) is 0 Å². The number of carbonyl (C=O) groups is 1. The molecule has 0 unspecified atom stereocenters. The third-order valence-corrected chi connectivity index (χ3v) is 6.65. The average molecular weight is 405 g/mol. The molecule has 27 heavy (non-hydrogen) atoms. The van der Waals surface area contributed by atoms with Gasteiger partial charge in [0.15, 0.2) is 12.0 Å². The summed E-state index contributed by atoms with van der Waals surface area (Å²) in [6.45, 7) is 1.83. The number of aldehydes is 1. The lowest BCUT2D eigenvalue weighted by Gasteiger charge is -2.11. The second kappa shape index (κ2) is 6.76. The van der Waals surface area contributed by atoms with Gasteiger partial charge in [-0.2, -0.15) is 0 Å². The number of carbonyl (C=O) groups excluding carboxylic acids is 1. The minimum Gasteiger partial charge on any atom is -0.453 e. The third kappa shape index (κ3) is 3.70. The standard InChI is InChI=1S/C18H15NO6S2/c1-12-2-5-14(6-3-12)26(21,22)18-9-7-15(27(19,23)24)10-16(18)17-8-4-13(11-20)25-17/h2-11H,1H3,(H2,19,23,24). The lowest BCUT2D eigenvalue weighted by Crippen LogP contribution is -2.13. The van der Waals surface area contributed by atoms with Gasteiger partial charge in [-0.25, -0.2) is 22.0 Å². The van der Waals surface area contributed by atoms with Gasteiger partial charge in [-0.3, -0.25) is 4.79 Å². The maximum absolute atomic E-state index is 13.1. The van der Waals surface area contributed by atoms with E-state index in [-0.39, 0.29) is 31.8 Å². The summed E-state index contributed by atoms with van der Waals surface area (Å²) >= 11 is 0. The van der Waals surface area contributed by atoms with Crippen molar-refractivity contribution < 1.29 is 26.0 Å². The summed E-state index contributed by atoms with van der Waals surface area (Å²) in [6, 6.07) is 12.4. The van der Waals surface area contributed by atoms with Gasteiger partial charge in [0.1, 0.15) is 5.76 Å². The first-order valence-electron chi connectivity index (χ1n) is 7.67. The quantitative estimate of drug-likeness (QED) is 0.651. The summed E-state index contributed by atoms with van der Waals surface area (Å²) in [5.74, 6) is 0.0120. The van der Waals surface area contributed by atoms with Gasteiger partial charge in [0, 0.05) is 5.56 Å². The van der Waals surface area contributed by atoms with Gasteiger partial charge >= 0.3 is 0 Å². The van der Waals surface area contributed by atoms with Crippen LogP contribution in [0.3, 0.4) is 0 Å². The molecule has 140 valence electrons. The molecule has 2 aromatic carbocycles. The lowest BCUT2D eigenvalue weighted by molar-refractivity contribution is 0.110. The smallest absolute Gasteiger partial charge is 0.238 e. The van der Waals surface area contributed by atoms with Crippen molar-refractivity contribution >= 4 is 26.1 Å². The Kier molecular flexibility index (Phi) is 4.77.